The number of hydrogen-bond acceptors (Lipinski definition) is 5. The summed E-state index contributed by atoms with van der Waals surface area (Å²) in [5.41, 5.74) is 0.292. The minimum absolute atomic E-state index is 0.158. The third-order valence-electron chi connectivity index (χ3n) is 6.43. The van der Waals surface area contributed by atoms with Crippen LogP contribution in [0.2, 0.25) is 5.02 Å². The van der Waals surface area contributed by atoms with Gasteiger partial charge < -0.3 is 9.80 Å². The van der Waals surface area contributed by atoms with Crippen LogP contribution in [0.1, 0.15) is 42.5 Å². The molecule has 4 rings (SSSR count). The summed E-state index contributed by atoms with van der Waals surface area (Å²) in [6.07, 6.45) is 5.79. The van der Waals surface area contributed by atoms with E-state index in [0.717, 1.165) is 24.3 Å². The number of benzene rings is 1. The summed E-state index contributed by atoms with van der Waals surface area (Å²) in [4.78, 5) is 17.7. The van der Waals surface area contributed by atoms with Crippen molar-refractivity contribution < 1.29 is 13.2 Å². The fraction of sp³-hybridized carbons (Fsp3) is 0.667. The molecule has 30 heavy (non-hydrogen) atoms. The molecule has 3 aliphatic heterocycles. The fourth-order valence-electron chi connectivity index (χ4n) is 4.65. The number of piperidine rings is 2. The number of sulfonamides is 1. The van der Waals surface area contributed by atoms with E-state index in [1.807, 2.05) is 4.90 Å². The fourth-order valence-corrected chi connectivity index (χ4v) is 7.45. The van der Waals surface area contributed by atoms with Gasteiger partial charge in [-0.15, -0.1) is 0 Å². The lowest BCUT2D eigenvalue weighted by Crippen LogP contribution is -2.48. The quantitative estimate of drug-likeness (QED) is 0.675. The number of thioether (sulfide) groups is 1. The number of likely N-dealkylation sites (tertiary alicyclic amines) is 2. The van der Waals surface area contributed by atoms with E-state index in [1.54, 1.807) is 17.8 Å². The Morgan fingerprint density at radius 3 is 2.30 bits per heavy atom. The van der Waals surface area contributed by atoms with E-state index >= 15 is 0 Å². The van der Waals surface area contributed by atoms with Gasteiger partial charge in [-0.05, 0) is 57.0 Å². The van der Waals surface area contributed by atoms with Crippen LogP contribution in [-0.2, 0) is 10.0 Å². The second-order valence-corrected chi connectivity index (χ2v) is 11.8. The molecule has 3 saturated heterocycles. The first kappa shape index (κ1) is 22.4. The van der Waals surface area contributed by atoms with Gasteiger partial charge >= 0.3 is 0 Å². The van der Waals surface area contributed by atoms with Crippen LogP contribution < -0.4 is 0 Å². The maximum absolute atomic E-state index is 13.2. The second-order valence-electron chi connectivity index (χ2n) is 8.28. The number of halogens is 1. The Morgan fingerprint density at radius 2 is 1.63 bits per heavy atom. The van der Waals surface area contributed by atoms with E-state index in [0.29, 0.717) is 42.8 Å². The van der Waals surface area contributed by atoms with Gasteiger partial charge in [-0.3, -0.25) is 4.79 Å². The Hall–Kier alpha value is -0.800. The molecule has 3 heterocycles. The van der Waals surface area contributed by atoms with Gasteiger partial charge in [-0.2, -0.15) is 16.1 Å². The summed E-state index contributed by atoms with van der Waals surface area (Å²) in [5, 5.41) is 0.311. The van der Waals surface area contributed by atoms with Crippen molar-refractivity contribution in [2.45, 2.75) is 43.0 Å². The van der Waals surface area contributed by atoms with Gasteiger partial charge in [0.15, 0.2) is 0 Å². The van der Waals surface area contributed by atoms with E-state index in [9.17, 15) is 13.2 Å². The van der Waals surface area contributed by atoms with Gasteiger partial charge in [0.1, 0.15) is 0 Å². The van der Waals surface area contributed by atoms with Crippen LogP contribution in [0.5, 0.6) is 0 Å². The lowest BCUT2D eigenvalue weighted by atomic mass is 9.99. The first-order chi connectivity index (χ1) is 14.5. The van der Waals surface area contributed by atoms with Crippen LogP contribution in [0.25, 0.3) is 0 Å². The molecule has 3 fully saturated rings. The highest BCUT2D eigenvalue weighted by Crippen LogP contribution is 2.27. The number of amides is 1. The smallest absolute Gasteiger partial charge is 0.255 e. The van der Waals surface area contributed by atoms with E-state index < -0.39 is 10.0 Å². The van der Waals surface area contributed by atoms with Crippen LogP contribution in [0, 0.1) is 0 Å². The maximum atomic E-state index is 13.2. The van der Waals surface area contributed by atoms with Crippen molar-refractivity contribution in [3.05, 3.63) is 28.8 Å². The molecule has 0 aliphatic carbocycles. The summed E-state index contributed by atoms with van der Waals surface area (Å²) in [6, 6.07) is 5.08. The van der Waals surface area contributed by atoms with Gasteiger partial charge in [-0.1, -0.05) is 18.0 Å². The van der Waals surface area contributed by atoms with Crippen molar-refractivity contribution in [3.63, 3.8) is 0 Å². The Labute approximate surface area is 189 Å². The summed E-state index contributed by atoms with van der Waals surface area (Å²) >= 11 is 8.09. The van der Waals surface area contributed by atoms with Crippen molar-refractivity contribution in [3.8, 4) is 0 Å². The molecule has 0 N–H and O–H groups in total. The number of carbonyl (C=O) groups excluding carboxylic acids is 1. The maximum Gasteiger partial charge on any atom is 0.255 e. The number of nitrogens with zero attached hydrogens (tertiary/aromatic N) is 3. The van der Waals surface area contributed by atoms with Gasteiger partial charge in [0.2, 0.25) is 10.0 Å². The van der Waals surface area contributed by atoms with Crippen LogP contribution in [0.4, 0.5) is 0 Å². The molecule has 0 aromatic heterocycles. The van der Waals surface area contributed by atoms with Gasteiger partial charge in [0.05, 0.1) is 15.5 Å². The molecule has 1 aromatic carbocycles. The van der Waals surface area contributed by atoms with Crippen LogP contribution >= 0.6 is 23.4 Å². The molecule has 3 aliphatic rings. The van der Waals surface area contributed by atoms with Crippen molar-refractivity contribution in [2.24, 2.45) is 0 Å². The molecular formula is C21H30ClN3O3S2. The second kappa shape index (κ2) is 9.77. The molecule has 0 radical (unpaired) electrons. The van der Waals surface area contributed by atoms with Crippen LogP contribution in [0.3, 0.4) is 0 Å². The molecule has 0 saturated carbocycles. The van der Waals surface area contributed by atoms with Crippen molar-refractivity contribution in [1.29, 1.82) is 0 Å². The van der Waals surface area contributed by atoms with Crippen molar-refractivity contribution >= 4 is 39.3 Å². The molecule has 0 atom stereocenters. The van der Waals surface area contributed by atoms with E-state index in [1.165, 1.54) is 48.8 Å². The highest BCUT2D eigenvalue weighted by molar-refractivity contribution is 7.99. The highest BCUT2D eigenvalue weighted by atomic mass is 35.5. The summed E-state index contributed by atoms with van der Waals surface area (Å²) in [7, 11) is -3.60. The van der Waals surface area contributed by atoms with Crippen molar-refractivity contribution in [2.75, 3.05) is 50.8 Å². The van der Waals surface area contributed by atoms with Gasteiger partial charge in [0.25, 0.3) is 5.91 Å². The molecule has 1 aromatic rings. The summed E-state index contributed by atoms with van der Waals surface area (Å²) in [5.74, 6) is 1.43. The standard InChI is InChI=1S/C21H30ClN3O3S2/c22-20-5-4-18(30(27,28)25-12-14-29-15-13-25)16-19(20)21(26)24-10-6-17(7-11-24)23-8-2-1-3-9-23/h4-5,16-17H,1-3,6-15H2. The highest BCUT2D eigenvalue weighted by Gasteiger charge is 2.31. The lowest BCUT2D eigenvalue weighted by molar-refractivity contribution is 0.0590. The Bertz CT molecular complexity index is 860. The first-order valence-corrected chi connectivity index (χ1v) is 13.8. The minimum atomic E-state index is -3.60. The Morgan fingerprint density at radius 1 is 0.967 bits per heavy atom. The number of carbonyl (C=O) groups is 1. The third-order valence-corrected chi connectivity index (χ3v) is 9.60. The molecule has 166 valence electrons. The zero-order valence-electron chi connectivity index (χ0n) is 17.3. The Balaban J connectivity index is 1.46. The van der Waals surface area contributed by atoms with Crippen molar-refractivity contribution in [1.82, 2.24) is 14.1 Å². The topological polar surface area (TPSA) is 60.9 Å². The molecule has 6 nitrogen and oxygen atoms in total. The van der Waals surface area contributed by atoms with Crippen LogP contribution in [0.15, 0.2) is 23.1 Å². The summed E-state index contributed by atoms with van der Waals surface area (Å²) in [6.45, 7) is 4.72. The van der Waals surface area contributed by atoms with E-state index in [-0.39, 0.29) is 10.8 Å². The normalized spacial score (nSPS) is 22.9. The average Bonchev–Trinajstić information content (AvgIpc) is 2.80. The predicted octanol–water partition coefficient (Wildman–Crippen LogP) is 3.17. The molecule has 0 spiro atoms. The number of rotatable bonds is 4. The zero-order valence-corrected chi connectivity index (χ0v) is 19.7. The molecule has 0 unspecified atom stereocenters. The van der Waals surface area contributed by atoms with Crippen LogP contribution in [-0.4, -0.2) is 85.2 Å². The van der Waals surface area contributed by atoms with E-state index in [4.69, 9.17) is 11.6 Å². The largest absolute Gasteiger partial charge is 0.338 e. The SMILES string of the molecule is O=C(c1cc(S(=O)(=O)N2CCSCC2)ccc1Cl)N1CCC(N2CCCCC2)CC1. The van der Waals surface area contributed by atoms with E-state index in [2.05, 4.69) is 4.90 Å². The number of hydrogen-bond donors (Lipinski definition) is 0. The summed E-state index contributed by atoms with van der Waals surface area (Å²) < 4.78 is 27.5. The van der Waals surface area contributed by atoms with Gasteiger partial charge in [0, 0.05) is 43.7 Å². The molecule has 0 bridgehead atoms. The minimum Gasteiger partial charge on any atom is -0.338 e. The lowest BCUT2D eigenvalue weighted by Gasteiger charge is -2.40. The van der Waals surface area contributed by atoms with Gasteiger partial charge in [-0.25, -0.2) is 8.42 Å². The third kappa shape index (κ3) is 4.83. The zero-order chi connectivity index (χ0) is 21.1. The molecule has 9 heteroatoms. The molecule has 1 amide bonds. The average molecular weight is 472 g/mol. The molecular weight excluding hydrogens is 442 g/mol. The monoisotopic (exact) mass is 471 g/mol. The predicted molar refractivity (Wildman–Crippen MR) is 122 cm³/mol. The Kier molecular flexibility index (Phi) is 7.30. The first-order valence-electron chi connectivity index (χ1n) is 10.9.